The Kier molecular flexibility index (Phi) is 5.78. The van der Waals surface area contributed by atoms with E-state index in [2.05, 4.69) is 15.6 Å². The number of esters is 1. The van der Waals surface area contributed by atoms with E-state index in [0.29, 0.717) is 30.1 Å². The molecule has 1 aliphatic rings. The maximum absolute atomic E-state index is 12.4. The molecule has 3 rings (SSSR count). The summed E-state index contributed by atoms with van der Waals surface area (Å²) in [5, 5.41) is 7.44. The number of carbonyl (C=O) groups is 2. The number of benzene rings is 1. The number of aromatic nitrogens is 1. The van der Waals surface area contributed by atoms with Crippen molar-refractivity contribution in [2.45, 2.75) is 31.3 Å². The lowest BCUT2D eigenvalue weighted by Crippen LogP contribution is -2.50. The highest BCUT2D eigenvalue weighted by molar-refractivity contribution is 7.99. The number of thioether (sulfide) groups is 1. The Labute approximate surface area is 156 Å². The van der Waals surface area contributed by atoms with Crippen LogP contribution in [0.4, 0.5) is 4.79 Å². The van der Waals surface area contributed by atoms with Gasteiger partial charge in [-0.05, 0) is 25.5 Å². The van der Waals surface area contributed by atoms with Gasteiger partial charge in [0.2, 0.25) is 0 Å². The van der Waals surface area contributed by atoms with Gasteiger partial charge < -0.3 is 15.4 Å². The van der Waals surface area contributed by atoms with E-state index < -0.39 is 5.97 Å². The van der Waals surface area contributed by atoms with Crippen LogP contribution in [0.2, 0.25) is 0 Å². The minimum Gasteiger partial charge on any atom is -0.463 e. The Bertz CT molecular complexity index is 866. The van der Waals surface area contributed by atoms with Gasteiger partial charge >= 0.3 is 12.0 Å². The summed E-state index contributed by atoms with van der Waals surface area (Å²) in [7, 11) is 0. The zero-order valence-electron chi connectivity index (χ0n) is 14.7. The first-order chi connectivity index (χ1) is 12.6. The van der Waals surface area contributed by atoms with E-state index in [0.717, 1.165) is 15.9 Å². The van der Waals surface area contributed by atoms with Crippen molar-refractivity contribution in [3.05, 3.63) is 47.7 Å². The molecule has 0 fully saturated rings. The number of pyridine rings is 1. The van der Waals surface area contributed by atoms with Crippen molar-refractivity contribution in [3.63, 3.8) is 0 Å². The van der Waals surface area contributed by atoms with Crippen molar-refractivity contribution >= 4 is 34.7 Å². The smallest absolute Gasteiger partial charge is 0.337 e. The zero-order valence-corrected chi connectivity index (χ0v) is 15.6. The van der Waals surface area contributed by atoms with E-state index in [1.54, 1.807) is 6.92 Å². The van der Waals surface area contributed by atoms with Crippen molar-refractivity contribution in [1.29, 1.82) is 0 Å². The van der Waals surface area contributed by atoms with Crippen molar-refractivity contribution in [2.24, 2.45) is 0 Å². The molecule has 1 atom stereocenters. The summed E-state index contributed by atoms with van der Waals surface area (Å²) in [6.07, 6.45) is 0.615. The fourth-order valence-electron chi connectivity index (χ4n) is 2.85. The van der Waals surface area contributed by atoms with Crippen molar-refractivity contribution < 1.29 is 14.3 Å². The molecule has 1 aliphatic heterocycles. The molecular formula is C19H21N3O3S. The Balaban J connectivity index is 1.85. The van der Waals surface area contributed by atoms with E-state index in [-0.39, 0.29) is 12.1 Å². The summed E-state index contributed by atoms with van der Waals surface area (Å²) in [6, 6.07) is 11.2. The molecule has 0 bridgehead atoms. The molecule has 2 heterocycles. The molecule has 1 aromatic carbocycles. The Hall–Kier alpha value is -2.54. The standard InChI is InChI=1S/C19H21N3O3S/c1-3-13-17(18(23)25-4-2)15(22-19(24)21-13)11-26-16-10-9-12-7-5-6-8-14(12)20-16/h5-10,13H,3-4,11H2,1-2H3,(H2,21,22,24)/t13-/m1/s1. The van der Waals surface area contributed by atoms with E-state index in [1.165, 1.54) is 11.8 Å². The van der Waals surface area contributed by atoms with Crippen LogP contribution in [-0.2, 0) is 9.53 Å². The SMILES string of the molecule is CCOC(=O)C1=C(CSc2ccc3ccccc3n2)NC(=O)N[C@@H]1CC. The van der Waals surface area contributed by atoms with Crippen LogP contribution in [0.15, 0.2) is 52.7 Å². The third kappa shape index (κ3) is 3.99. The molecule has 26 heavy (non-hydrogen) atoms. The zero-order chi connectivity index (χ0) is 18.5. The van der Waals surface area contributed by atoms with E-state index >= 15 is 0 Å². The van der Waals surface area contributed by atoms with Gasteiger partial charge in [-0.3, -0.25) is 0 Å². The average Bonchev–Trinajstić information content (AvgIpc) is 2.65. The molecule has 2 N–H and O–H groups in total. The van der Waals surface area contributed by atoms with Crippen LogP contribution in [0.1, 0.15) is 20.3 Å². The molecule has 2 aromatic rings. The maximum Gasteiger partial charge on any atom is 0.337 e. The number of para-hydroxylation sites is 1. The lowest BCUT2D eigenvalue weighted by molar-refractivity contribution is -0.139. The Morgan fingerprint density at radius 3 is 2.81 bits per heavy atom. The van der Waals surface area contributed by atoms with Crippen LogP contribution in [0, 0.1) is 0 Å². The monoisotopic (exact) mass is 371 g/mol. The molecule has 1 aromatic heterocycles. The molecular weight excluding hydrogens is 350 g/mol. The number of hydrogen-bond donors (Lipinski definition) is 2. The Morgan fingerprint density at radius 1 is 1.23 bits per heavy atom. The number of rotatable bonds is 6. The van der Waals surface area contributed by atoms with Crippen LogP contribution in [0.5, 0.6) is 0 Å². The predicted molar refractivity (Wildman–Crippen MR) is 102 cm³/mol. The second-order valence-electron chi connectivity index (χ2n) is 5.80. The highest BCUT2D eigenvalue weighted by Crippen LogP contribution is 2.25. The summed E-state index contributed by atoms with van der Waals surface area (Å²) in [5.41, 5.74) is 1.99. The summed E-state index contributed by atoms with van der Waals surface area (Å²) in [4.78, 5) is 28.9. The minimum atomic E-state index is -0.395. The van der Waals surface area contributed by atoms with Crippen molar-refractivity contribution in [3.8, 4) is 0 Å². The van der Waals surface area contributed by atoms with Gasteiger partial charge in [-0.25, -0.2) is 14.6 Å². The number of hydrogen-bond acceptors (Lipinski definition) is 5. The van der Waals surface area contributed by atoms with Gasteiger partial charge in [-0.2, -0.15) is 0 Å². The highest BCUT2D eigenvalue weighted by atomic mass is 32.2. The maximum atomic E-state index is 12.4. The molecule has 0 aliphatic carbocycles. The number of urea groups is 1. The van der Waals surface area contributed by atoms with Gasteiger partial charge in [-0.1, -0.05) is 31.2 Å². The third-order valence-electron chi connectivity index (χ3n) is 4.08. The first-order valence-corrected chi connectivity index (χ1v) is 9.57. The predicted octanol–water partition coefficient (Wildman–Crippen LogP) is 3.24. The summed E-state index contributed by atoms with van der Waals surface area (Å²) < 4.78 is 5.18. The number of amides is 2. The van der Waals surface area contributed by atoms with Gasteiger partial charge in [-0.15, -0.1) is 11.8 Å². The lowest BCUT2D eigenvalue weighted by Gasteiger charge is -2.28. The van der Waals surface area contributed by atoms with Gasteiger partial charge in [0.05, 0.1) is 28.8 Å². The lowest BCUT2D eigenvalue weighted by atomic mass is 10.0. The number of carbonyl (C=O) groups excluding carboxylic acids is 2. The van der Waals surface area contributed by atoms with Crippen LogP contribution in [-0.4, -0.2) is 35.4 Å². The summed E-state index contributed by atoms with van der Waals surface area (Å²) in [5.74, 6) is 0.0394. The minimum absolute atomic E-state index is 0.291. The molecule has 0 unspecified atom stereocenters. The number of fused-ring (bicyclic) bond motifs is 1. The van der Waals surface area contributed by atoms with Crippen LogP contribution >= 0.6 is 11.8 Å². The van der Waals surface area contributed by atoms with Crippen LogP contribution in [0.3, 0.4) is 0 Å². The van der Waals surface area contributed by atoms with Gasteiger partial charge in [0.1, 0.15) is 0 Å². The first kappa shape index (κ1) is 18.3. The second-order valence-corrected chi connectivity index (χ2v) is 6.80. The van der Waals surface area contributed by atoms with Crippen molar-refractivity contribution in [2.75, 3.05) is 12.4 Å². The molecule has 136 valence electrons. The fourth-order valence-corrected chi connectivity index (χ4v) is 3.70. The molecule has 0 spiro atoms. The molecule has 0 saturated heterocycles. The fraction of sp³-hybridized carbons (Fsp3) is 0.316. The molecule has 0 saturated carbocycles. The number of ether oxygens (including phenoxy) is 1. The summed E-state index contributed by atoms with van der Waals surface area (Å²) in [6.45, 7) is 3.98. The first-order valence-electron chi connectivity index (χ1n) is 8.58. The van der Waals surface area contributed by atoms with E-state index in [4.69, 9.17) is 4.74 Å². The van der Waals surface area contributed by atoms with Gasteiger partial charge in [0.15, 0.2) is 0 Å². The summed E-state index contributed by atoms with van der Waals surface area (Å²) >= 11 is 1.48. The largest absolute Gasteiger partial charge is 0.463 e. The molecule has 0 radical (unpaired) electrons. The van der Waals surface area contributed by atoms with Gasteiger partial charge in [0, 0.05) is 16.8 Å². The molecule has 2 amide bonds. The number of nitrogens with zero attached hydrogens (tertiary/aromatic N) is 1. The van der Waals surface area contributed by atoms with Gasteiger partial charge in [0.25, 0.3) is 0 Å². The Morgan fingerprint density at radius 2 is 2.04 bits per heavy atom. The van der Waals surface area contributed by atoms with Crippen LogP contribution in [0.25, 0.3) is 10.9 Å². The highest BCUT2D eigenvalue weighted by Gasteiger charge is 2.31. The average molecular weight is 371 g/mol. The third-order valence-corrected chi connectivity index (χ3v) is 5.04. The second kappa shape index (κ2) is 8.23. The van der Waals surface area contributed by atoms with Crippen molar-refractivity contribution in [1.82, 2.24) is 15.6 Å². The molecule has 6 nitrogen and oxygen atoms in total. The molecule has 7 heteroatoms. The quantitative estimate of drug-likeness (QED) is 0.602. The van der Waals surface area contributed by atoms with E-state index in [1.807, 2.05) is 43.3 Å². The topological polar surface area (TPSA) is 80.3 Å². The van der Waals surface area contributed by atoms with Crippen LogP contribution < -0.4 is 10.6 Å². The normalized spacial score (nSPS) is 17.0. The van der Waals surface area contributed by atoms with E-state index in [9.17, 15) is 9.59 Å². The number of nitrogens with one attached hydrogen (secondary N) is 2.